The Hall–Kier alpha value is -3.69. The first-order chi connectivity index (χ1) is 18.7. The third-order valence-corrected chi connectivity index (χ3v) is 7.47. The number of nitrogens with one attached hydrogen (secondary N) is 2. The second-order valence-electron chi connectivity index (χ2n) is 12.3. The molecule has 3 atom stereocenters. The maximum absolute atomic E-state index is 14.4. The molecule has 3 aliphatic rings. The van der Waals surface area contributed by atoms with Crippen molar-refractivity contribution in [1.29, 1.82) is 0 Å². The minimum Gasteiger partial charge on any atom is -0.395 e. The zero-order valence-corrected chi connectivity index (χ0v) is 23.3. The summed E-state index contributed by atoms with van der Waals surface area (Å²) in [6.07, 6.45) is -2.29. The predicted molar refractivity (Wildman–Crippen MR) is 143 cm³/mol. The summed E-state index contributed by atoms with van der Waals surface area (Å²) in [4.78, 5) is 43.3. The van der Waals surface area contributed by atoms with E-state index in [9.17, 15) is 23.2 Å². The molecule has 40 heavy (non-hydrogen) atoms. The van der Waals surface area contributed by atoms with Gasteiger partial charge < -0.3 is 25.0 Å². The normalized spacial score (nSPS) is 22.8. The van der Waals surface area contributed by atoms with Gasteiger partial charge in [-0.1, -0.05) is 44.2 Å². The monoisotopic (exact) mass is 555 g/mol. The van der Waals surface area contributed by atoms with Gasteiger partial charge in [0.1, 0.15) is 18.1 Å². The summed E-state index contributed by atoms with van der Waals surface area (Å²) >= 11 is 0. The van der Waals surface area contributed by atoms with Crippen LogP contribution in [0.1, 0.15) is 63.8 Å². The fraction of sp³-hybridized carbons (Fsp3) is 0.500. The molecule has 10 heteroatoms. The van der Waals surface area contributed by atoms with Crippen LogP contribution in [0.5, 0.6) is 11.5 Å². The van der Waals surface area contributed by atoms with Crippen molar-refractivity contribution in [3.63, 3.8) is 0 Å². The number of carbonyl (C=O) groups excluding carboxylic acids is 3. The Morgan fingerprint density at radius 3 is 2.30 bits per heavy atom. The number of hydrogen-bond acceptors (Lipinski definition) is 5. The Morgan fingerprint density at radius 1 is 1.07 bits per heavy atom. The highest BCUT2D eigenvalue weighted by Gasteiger charge is 2.50. The van der Waals surface area contributed by atoms with Gasteiger partial charge in [-0.25, -0.2) is 0 Å². The van der Waals surface area contributed by atoms with Crippen molar-refractivity contribution < 1.29 is 32.6 Å². The summed E-state index contributed by atoms with van der Waals surface area (Å²) in [7, 11) is 0. The predicted octanol–water partition coefficient (Wildman–Crippen LogP) is 4.12. The van der Waals surface area contributed by atoms with Gasteiger partial charge in [0.25, 0.3) is 0 Å². The average molecular weight is 556 g/mol. The highest BCUT2D eigenvalue weighted by atomic mass is 19.3. The van der Waals surface area contributed by atoms with Crippen LogP contribution in [0, 0.1) is 11.8 Å². The minimum absolute atomic E-state index is 0.0279. The van der Waals surface area contributed by atoms with E-state index in [0.717, 1.165) is 11.1 Å². The van der Waals surface area contributed by atoms with Crippen molar-refractivity contribution in [2.45, 2.75) is 83.8 Å². The van der Waals surface area contributed by atoms with E-state index in [1.165, 1.54) is 23.1 Å². The van der Waals surface area contributed by atoms with Gasteiger partial charge in [0.2, 0.25) is 17.7 Å². The molecule has 0 spiro atoms. The zero-order valence-electron chi connectivity index (χ0n) is 23.3. The number of amides is 3. The van der Waals surface area contributed by atoms with E-state index in [2.05, 4.69) is 20.1 Å². The lowest BCUT2D eigenvalue weighted by atomic mass is 9.87. The Morgan fingerprint density at radius 2 is 1.70 bits per heavy atom. The van der Waals surface area contributed by atoms with Gasteiger partial charge in [-0.05, 0) is 80.7 Å². The first kappa shape index (κ1) is 27.9. The second-order valence-corrected chi connectivity index (χ2v) is 12.3. The average Bonchev–Trinajstić information content (AvgIpc) is 3.40. The molecule has 1 aliphatic carbocycles. The van der Waals surface area contributed by atoms with Gasteiger partial charge in [0.15, 0.2) is 11.5 Å². The van der Waals surface area contributed by atoms with Crippen molar-refractivity contribution in [2.24, 2.45) is 11.8 Å². The van der Waals surface area contributed by atoms with E-state index in [4.69, 9.17) is 0 Å². The molecular weight excluding hydrogens is 520 g/mol. The van der Waals surface area contributed by atoms with Crippen LogP contribution >= 0.6 is 0 Å². The van der Waals surface area contributed by atoms with E-state index in [1.807, 2.05) is 38.1 Å². The van der Waals surface area contributed by atoms with Crippen molar-refractivity contribution in [1.82, 2.24) is 15.5 Å². The molecule has 8 nitrogen and oxygen atoms in total. The lowest BCUT2D eigenvalue weighted by Crippen LogP contribution is -2.67. The Bertz CT molecular complexity index is 1310. The highest BCUT2D eigenvalue weighted by molar-refractivity contribution is 6.00. The number of nitrogens with zero attached hydrogens (tertiary/aromatic N) is 1. The van der Waals surface area contributed by atoms with Crippen LogP contribution in [0.4, 0.5) is 8.78 Å². The molecular formula is C30H35F2N3O5. The standard InChI is InChI=1S/C30H35F2N3O5/c1-16(2)12-21-26(36)33-24(20-13-17-8-6-7-9-18(17)14-20)28(38)35(21)25(27(37)34-29(3,4)5)19-10-11-22-23(15-19)40-30(31,32)39-22/h6-11,15-16,20-21,24-25H,12-14H2,1-5H3,(H,33,36)(H,34,37). The van der Waals surface area contributed by atoms with E-state index in [0.29, 0.717) is 19.3 Å². The van der Waals surface area contributed by atoms with Crippen molar-refractivity contribution in [3.05, 3.63) is 59.2 Å². The molecule has 2 aromatic rings. The number of hydrogen-bond donors (Lipinski definition) is 2. The quantitative estimate of drug-likeness (QED) is 0.559. The number of fused-ring (bicyclic) bond motifs is 2. The number of halogens is 2. The highest BCUT2D eigenvalue weighted by Crippen LogP contribution is 2.44. The number of benzene rings is 2. The molecule has 1 saturated heterocycles. The molecule has 2 aliphatic heterocycles. The lowest BCUT2D eigenvalue weighted by Gasteiger charge is -2.45. The Balaban J connectivity index is 1.57. The van der Waals surface area contributed by atoms with Crippen molar-refractivity contribution >= 4 is 17.7 Å². The van der Waals surface area contributed by atoms with Gasteiger partial charge in [0.05, 0.1) is 0 Å². The SMILES string of the molecule is CC(C)CC1C(=O)NC(C2Cc3ccccc3C2)C(=O)N1C(C(=O)NC(C)(C)C)c1ccc2c(c1)OC(F)(F)O2. The van der Waals surface area contributed by atoms with Crippen LogP contribution in [0.15, 0.2) is 42.5 Å². The van der Waals surface area contributed by atoms with Crippen molar-refractivity contribution in [3.8, 4) is 11.5 Å². The first-order valence-electron chi connectivity index (χ1n) is 13.6. The van der Waals surface area contributed by atoms with E-state index < -0.39 is 35.9 Å². The van der Waals surface area contributed by atoms with E-state index in [-0.39, 0.29) is 40.7 Å². The topological polar surface area (TPSA) is 97.0 Å². The number of piperazine rings is 1. The molecule has 1 fully saturated rings. The van der Waals surface area contributed by atoms with E-state index >= 15 is 0 Å². The molecule has 5 rings (SSSR count). The number of alkyl halides is 2. The van der Waals surface area contributed by atoms with Gasteiger partial charge >= 0.3 is 6.29 Å². The minimum atomic E-state index is -3.84. The molecule has 0 radical (unpaired) electrons. The second kappa shape index (κ2) is 10.1. The summed E-state index contributed by atoms with van der Waals surface area (Å²) in [6.45, 7) is 9.27. The molecule has 0 bridgehead atoms. The van der Waals surface area contributed by atoms with Crippen LogP contribution in [-0.4, -0.2) is 46.5 Å². The van der Waals surface area contributed by atoms with Crippen molar-refractivity contribution in [2.75, 3.05) is 0 Å². The molecule has 0 aromatic heterocycles. The summed E-state index contributed by atoms with van der Waals surface area (Å²) in [5, 5.41) is 5.89. The molecule has 3 amide bonds. The number of ether oxygens (including phenoxy) is 2. The summed E-state index contributed by atoms with van der Waals surface area (Å²) < 4.78 is 36.8. The van der Waals surface area contributed by atoms with E-state index in [1.54, 1.807) is 20.8 Å². The third kappa shape index (κ3) is 5.48. The van der Waals surface area contributed by atoms with Crippen LogP contribution in [0.3, 0.4) is 0 Å². The van der Waals surface area contributed by atoms with Crippen LogP contribution in [0.25, 0.3) is 0 Å². The Kier molecular flexibility index (Phi) is 7.00. The fourth-order valence-electron chi connectivity index (χ4n) is 5.89. The Labute approximate surface area is 232 Å². The van der Waals surface area contributed by atoms with Crippen LogP contribution in [-0.2, 0) is 27.2 Å². The van der Waals surface area contributed by atoms with Gasteiger partial charge in [-0.15, -0.1) is 8.78 Å². The molecule has 0 saturated carbocycles. The van der Waals surface area contributed by atoms with Gasteiger partial charge in [-0.3, -0.25) is 14.4 Å². The summed E-state index contributed by atoms with van der Waals surface area (Å²) in [5.74, 6) is -1.81. The smallest absolute Gasteiger partial charge is 0.395 e. The fourth-order valence-corrected chi connectivity index (χ4v) is 5.89. The van der Waals surface area contributed by atoms with Gasteiger partial charge in [-0.2, -0.15) is 0 Å². The molecule has 2 heterocycles. The van der Waals surface area contributed by atoms with Crippen LogP contribution < -0.4 is 20.1 Å². The van der Waals surface area contributed by atoms with Crippen LogP contribution in [0.2, 0.25) is 0 Å². The first-order valence-corrected chi connectivity index (χ1v) is 13.6. The molecule has 214 valence electrons. The maximum Gasteiger partial charge on any atom is 0.586 e. The molecule has 3 unspecified atom stereocenters. The zero-order chi connectivity index (χ0) is 29.0. The third-order valence-electron chi connectivity index (χ3n) is 7.47. The maximum atomic E-state index is 14.4. The summed E-state index contributed by atoms with van der Waals surface area (Å²) in [5.41, 5.74) is 1.83. The largest absolute Gasteiger partial charge is 0.586 e. The summed E-state index contributed by atoms with van der Waals surface area (Å²) in [6, 6.07) is 8.93. The number of carbonyl (C=O) groups is 3. The number of rotatable bonds is 6. The molecule has 2 aromatic carbocycles. The lowest BCUT2D eigenvalue weighted by molar-refractivity contribution is -0.286. The van der Waals surface area contributed by atoms with Gasteiger partial charge in [0, 0.05) is 5.54 Å². The molecule has 2 N–H and O–H groups in total.